The van der Waals surface area contributed by atoms with Crippen molar-refractivity contribution in [2.45, 2.75) is 19.6 Å². The molecule has 0 aliphatic carbocycles. The molecule has 2 aromatic heterocycles. The maximum Gasteiger partial charge on any atom is 0.267 e. The van der Waals surface area contributed by atoms with Crippen molar-refractivity contribution in [2.24, 2.45) is 0 Å². The summed E-state index contributed by atoms with van der Waals surface area (Å²) in [5.74, 6) is -1.04. The van der Waals surface area contributed by atoms with Gasteiger partial charge in [-0.1, -0.05) is 78.9 Å². The Balaban J connectivity index is 1.60. The predicted octanol–water partition coefficient (Wildman–Crippen LogP) is 6.37. The van der Waals surface area contributed by atoms with Gasteiger partial charge < -0.3 is 10.3 Å². The van der Waals surface area contributed by atoms with Crippen molar-refractivity contribution in [1.82, 2.24) is 18.9 Å². The van der Waals surface area contributed by atoms with Gasteiger partial charge in [0, 0.05) is 36.1 Å². The summed E-state index contributed by atoms with van der Waals surface area (Å²) in [7, 11) is 1.98. The summed E-state index contributed by atoms with van der Waals surface area (Å²) < 4.78 is 32.9. The van der Waals surface area contributed by atoms with Gasteiger partial charge >= 0.3 is 0 Å². The molecule has 2 N–H and O–H groups in total. The summed E-state index contributed by atoms with van der Waals surface area (Å²) in [6, 6.07) is 30.4. The molecule has 210 valence electrons. The molecule has 0 bridgehead atoms. The molecule has 42 heavy (non-hydrogen) atoms. The summed E-state index contributed by atoms with van der Waals surface area (Å²) in [4.78, 5) is 21.3. The molecule has 0 saturated carbocycles. The number of hydrogen-bond acceptors (Lipinski definition) is 4. The molecular formula is C34H29F2N5O. The second-order valence-corrected chi connectivity index (χ2v) is 10.4. The largest absolute Gasteiger partial charge is 0.399 e. The van der Waals surface area contributed by atoms with Gasteiger partial charge in [-0.15, -0.1) is 0 Å². The lowest BCUT2D eigenvalue weighted by Crippen LogP contribution is -2.25. The predicted molar refractivity (Wildman–Crippen MR) is 162 cm³/mol. The third-order valence-electron chi connectivity index (χ3n) is 7.30. The zero-order chi connectivity index (χ0) is 29.2. The first-order chi connectivity index (χ1) is 20.4. The third kappa shape index (κ3) is 5.32. The highest BCUT2D eigenvalue weighted by Gasteiger charge is 2.23. The number of anilines is 1. The molecule has 2 heterocycles. The number of fused-ring (bicyclic) bond motifs is 1. The van der Waals surface area contributed by atoms with Gasteiger partial charge in [-0.25, -0.2) is 18.2 Å². The van der Waals surface area contributed by atoms with E-state index in [1.807, 2.05) is 67.7 Å². The third-order valence-corrected chi connectivity index (χ3v) is 7.30. The number of halogens is 2. The number of rotatable bonds is 8. The molecule has 6 rings (SSSR count). The van der Waals surface area contributed by atoms with E-state index in [2.05, 4.69) is 17.0 Å². The first kappa shape index (κ1) is 27.1. The van der Waals surface area contributed by atoms with E-state index in [9.17, 15) is 13.6 Å². The topological polar surface area (TPSA) is 68.6 Å². The Morgan fingerprint density at radius 2 is 1.43 bits per heavy atom. The molecule has 0 saturated heterocycles. The number of nitrogen functional groups attached to an aromatic ring is 1. The quantitative estimate of drug-likeness (QED) is 0.219. The van der Waals surface area contributed by atoms with Crippen LogP contribution in [0.15, 0.2) is 114 Å². The van der Waals surface area contributed by atoms with E-state index in [-0.39, 0.29) is 23.4 Å². The van der Waals surface area contributed by atoms with E-state index in [4.69, 9.17) is 10.7 Å². The first-order valence-corrected chi connectivity index (χ1v) is 13.6. The van der Waals surface area contributed by atoms with Gasteiger partial charge in [-0.3, -0.25) is 9.69 Å². The average molecular weight is 562 g/mol. The zero-order valence-corrected chi connectivity index (χ0v) is 23.0. The second-order valence-electron chi connectivity index (χ2n) is 10.4. The van der Waals surface area contributed by atoms with Gasteiger partial charge in [0.1, 0.15) is 11.6 Å². The van der Waals surface area contributed by atoms with Gasteiger partial charge in [0.15, 0.2) is 0 Å². The zero-order valence-electron chi connectivity index (χ0n) is 23.0. The molecule has 8 heteroatoms. The maximum atomic E-state index is 14.8. The van der Waals surface area contributed by atoms with Crippen molar-refractivity contribution < 1.29 is 8.78 Å². The minimum absolute atomic E-state index is 0.109. The normalized spacial score (nSPS) is 11.4. The molecule has 0 amide bonds. The highest BCUT2D eigenvalue weighted by molar-refractivity contribution is 5.69. The molecule has 0 spiro atoms. The Morgan fingerprint density at radius 1 is 0.786 bits per heavy atom. The van der Waals surface area contributed by atoms with Gasteiger partial charge in [0.2, 0.25) is 5.78 Å². The molecule has 0 atom stereocenters. The number of nitrogens with two attached hydrogens (primary N) is 1. The van der Waals surface area contributed by atoms with Crippen LogP contribution < -0.4 is 11.3 Å². The van der Waals surface area contributed by atoms with E-state index >= 15 is 0 Å². The summed E-state index contributed by atoms with van der Waals surface area (Å²) in [5.41, 5.74) is 10.5. The van der Waals surface area contributed by atoms with Crippen LogP contribution in [0.1, 0.15) is 16.8 Å². The number of imidazole rings is 1. The number of hydrogen-bond donors (Lipinski definition) is 1. The average Bonchev–Trinajstić information content (AvgIpc) is 3.37. The van der Waals surface area contributed by atoms with E-state index < -0.39 is 11.6 Å². The van der Waals surface area contributed by atoms with Crippen molar-refractivity contribution in [3.63, 3.8) is 0 Å². The van der Waals surface area contributed by atoms with Crippen molar-refractivity contribution >= 4 is 11.5 Å². The molecule has 0 radical (unpaired) electrons. The van der Waals surface area contributed by atoms with Gasteiger partial charge in [0.05, 0.1) is 23.5 Å². The van der Waals surface area contributed by atoms with Crippen molar-refractivity contribution in [1.29, 1.82) is 0 Å². The monoisotopic (exact) mass is 561 g/mol. The Bertz CT molecular complexity index is 1900. The van der Waals surface area contributed by atoms with Crippen LogP contribution in [0.25, 0.3) is 28.2 Å². The molecule has 4 aromatic carbocycles. The van der Waals surface area contributed by atoms with Crippen molar-refractivity contribution in [2.75, 3.05) is 12.8 Å². The van der Waals surface area contributed by atoms with Crippen LogP contribution >= 0.6 is 0 Å². The SMILES string of the molecule is CN(Cc1ccccc1)Cc1c(-c2ccc(N)cc2)nc2n(Cc3c(F)cccc3F)cc(-c3ccccc3)c(=O)n12. The van der Waals surface area contributed by atoms with Crippen LogP contribution in [-0.2, 0) is 19.6 Å². The number of aromatic nitrogens is 3. The van der Waals surface area contributed by atoms with Crippen LogP contribution in [0, 0.1) is 11.6 Å². The highest BCUT2D eigenvalue weighted by Crippen LogP contribution is 2.28. The van der Waals surface area contributed by atoms with Crippen LogP contribution in [0.2, 0.25) is 0 Å². The van der Waals surface area contributed by atoms with Crippen LogP contribution in [-0.4, -0.2) is 25.9 Å². The smallest absolute Gasteiger partial charge is 0.267 e. The standard InChI is InChI=1S/C34H29F2N5O/c1-39(19-23-9-4-2-5-10-23)22-31-32(25-15-17-26(37)18-16-25)38-34-40(21-28-29(35)13-8-14-30(28)36)20-27(33(42)41(31)34)24-11-6-3-7-12-24/h2-18,20H,19,21-22,37H2,1H3. The summed E-state index contributed by atoms with van der Waals surface area (Å²) in [6.07, 6.45) is 1.64. The summed E-state index contributed by atoms with van der Waals surface area (Å²) >= 11 is 0. The fraction of sp³-hybridized carbons (Fsp3) is 0.118. The highest BCUT2D eigenvalue weighted by atomic mass is 19.1. The molecule has 0 unspecified atom stereocenters. The first-order valence-electron chi connectivity index (χ1n) is 13.6. The Labute approximate surface area is 241 Å². The number of nitrogens with zero attached hydrogens (tertiary/aromatic N) is 4. The van der Waals surface area contributed by atoms with Crippen molar-refractivity contribution in [3.05, 3.63) is 148 Å². The molecule has 0 fully saturated rings. The molecule has 6 aromatic rings. The van der Waals surface area contributed by atoms with E-state index in [1.54, 1.807) is 27.3 Å². The van der Waals surface area contributed by atoms with Crippen molar-refractivity contribution in [3.8, 4) is 22.4 Å². The minimum atomic E-state index is -0.666. The lowest BCUT2D eigenvalue weighted by Gasteiger charge is -2.18. The molecule has 6 nitrogen and oxygen atoms in total. The Hall–Kier alpha value is -5.08. The maximum absolute atomic E-state index is 14.8. The van der Waals surface area contributed by atoms with Gasteiger partial charge in [-0.05, 0) is 42.4 Å². The van der Waals surface area contributed by atoms with E-state index in [1.165, 1.54) is 18.2 Å². The lowest BCUT2D eigenvalue weighted by atomic mass is 10.1. The van der Waals surface area contributed by atoms with Crippen LogP contribution in [0.4, 0.5) is 14.5 Å². The second kappa shape index (κ2) is 11.4. The fourth-order valence-electron chi connectivity index (χ4n) is 5.25. The fourth-order valence-corrected chi connectivity index (χ4v) is 5.25. The van der Waals surface area contributed by atoms with Gasteiger partial charge in [0.25, 0.3) is 5.56 Å². The van der Waals surface area contributed by atoms with Crippen LogP contribution in [0.3, 0.4) is 0 Å². The Morgan fingerprint density at radius 3 is 2.10 bits per heavy atom. The van der Waals surface area contributed by atoms with E-state index in [0.29, 0.717) is 41.3 Å². The Kier molecular flexibility index (Phi) is 7.37. The summed E-state index contributed by atoms with van der Waals surface area (Å²) in [5, 5.41) is 0. The van der Waals surface area contributed by atoms with Gasteiger partial charge in [-0.2, -0.15) is 0 Å². The molecule has 0 aliphatic rings. The minimum Gasteiger partial charge on any atom is -0.399 e. The summed E-state index contributed by atoms with van der Waals surface area (Å²) in [6.45, 7) is 0.874. The van der Waals surface area contributed by atoms with Crippen LogP contribution in [0.5, 0.6) is 0 Å². The molecular weight excluding hydrogens is 532 g/mol. The number of benzene rings is 4. The van der Waals surface area contributed by atoms with E-state index in [0.717, 1.165) is 11.1 Å². The molecule has 0 aliphatic heterocycles. The lowest BCUT2D eigenvalue weighted by molar-refractivity contribution is 0.314.